The molecule has 0 radical (unpaired) electrons. The van der Waals surface area contributed by atoms with Crippen LogP contribution < -0.4 is 4.74 Å². The van der Waals surface area contributed by atoms with Gasteiger partial charge in [-0.05, 0) is 37.6 Å². The van der Waals surface area contributed by atoms with Gasteiger partial charge >= 0.3 is 5.97 Å². The number of esters is 1. The summed E-state index contributed by atoms with van der Waals surface area (Å²) in [5.41, 5.74) is 1.67. The Kier molecular flexibility index (Phi) is 5.36. The lowest BCUT2D eigenvalue weighted by Crippen LogP contribution is -2.13. The number of hydrogen-bond acceptors (Lipinski definition) is 5. The third-order valence-corrected chi connectivity index (χ3v) is 3.14. The van der Waals surface area contributed by atoms with E-state index in [1.165, 1.54) is 0 Å². The van der Waals surface area contributed by atoms with Crippen molar-refractivity contribution in [1.82, 2.24) is 0 Å². The second-order valence-electron chi connectivity index (χ2n) is 4.84. The van der Waals surface area contributed by atoms with E-state index < -0.39 is 5.97 Å². The summed E-state index contributed by atoms with van der Waals surface area (Å²) in [6.45, 7) is 7.63. The lowest BCUT2D eigenvalue weighted by molar-refractivity contribution is -0.138. The second kappa shape index (κ2) is 7.45. The number of ether oxygens (including phenoxy) is 2. The molecule has 0 fully saturated rings. The summed E-state index contributed by atoms with van der Waals surface area (Å²) in [4.78, 5) is 16.1. The number of aliphatic hydroxyl groups is 1. The van der Waals surface area contributed by atoms with Crippen LogP contribution in [0.15, 0.2) is 58.9 Å². The van der Waals surface area contributed by atoms with Crippen LogP contribution in [0.4, 0.5) is 0 Å². The highest BCUT2D eigenvalue weighted by Crippen LogP contribution is 2.27. The molecule has 5 nitrogen and oxygen atoms in total. The SMILES string of the molecule is C=CCOc1cccc(/C=C2/N=C(C)C(C(=O)OCC)=C2O)c1. The number of rotatable bonds is 6. The van der Waals surface area contributed by atoms with Crippen molar-refractivity contribution in [3.63, 3.8) is 0 Å². The van der Waals surface area contributed by atoms with Gasteiger partial charge in [-0.25, -0.2) is 9.79 Å². The van der Waals surface area contributed by atoms with Gasteiger partial charge in [-0.2, -0.15) is 0 Å². The van der Waals surface area contributed by atoms with Crippen LogP contribution in [-0.4, -0.2) is 30.0 Å². The predicted molar refractivity (Wildman–Crippen MR) is 89.5 cm³/mol. The molecule has 0 unspecified atom stereocenters. The van der Waals surface area contributed by atoms with Gasteiger partial charge in [0.15, 0.2) is 5.76 Å². The molecule has 23 heavy (non-hydrogen) atoms. The zero-order valence-corrected chi connectivity index (χ0v) is 13.2. The summed E-state index contributed by atoms with van der Waals surface area (Å²) in [5.74, 6) is -0.0527. The molecule has 1 N–H and O–H groups in total. The van der Waals surface area contributed by atoms with Gasteiger partial charge in [0, 0.05) is 0 Å². The topological polar surface area (TPSA) is 68.1 Å². The fraction of sp³-hybridized carbons (Fsp3) is 0.222. The molecule has 1 aromatic carbocycles. The Morgan fingerprint density at radius 1 is 1.43 bits per heavy atom. The van der Waals surface area contributed by atoms with E-state index in [1.807, 2.05) is 24.3 Å². The molecule has 0 amide bonds. The predicted octanol–water partition coefficient (Wildman–Crippen LogP) is 3.44. The summed E-state index contributed by atoms with van der Waals surface area (Å²) in [7, 11) is 0. The lowest BCUT2D eigenvalue weighted by atomic mass is 10.1. The summed E-state index contributed by atoms with van der Waals surface area (Å²) < 4.78 is 10.4. The van der Waals surface area contributed by atoms with E-state index in [9.17, 15) is 9.90 Å². The van der Waals surface area contributed by atoms with Crippen molar-refractivity contribution < 1.29 is 19.4 Å². The first kappa shape index (κ1) is 16.5. The van der Waals surface area contributed by atoms with Crippen LogP contribution in [0.2, 0.25) is 0 Å². The van der Waals surface area contributed by atoms with Crippen molar-refractivity contribution in [2.75, 3.05) is 13.2 Å². The lowest BCUT2D eigenvalue weighted by Gasteiger charge is -2.04. The standard InChI is InChI=1S/C18H19NO4/c1-4-9-23-14-8-6-7-13(10-14)11-15-17(20)16(12(3)19-15)18(21)22-5-2/h4,6-8,10-11,20H,1,5,9H2,2-3H3/b15-11+. The van der Waals surface area contributed by atoms with Crippen molar-refractivity contribution in [2.24, 2.45) is 4.99 Å². The molecule has 2 rings (SSSR count). The van der Waals surface area contributed by atoms with Crippen LogP contribution in [0.5, 0.6) is 5.75 Å². The molecule has 120 valence electrons. The minimum atomic E-state index is -0.572. The van der Waals surface area contributed by atoms with Gasteiger partial charge in [0.25, 0.3) is 0 Å². The third-order valence-electron chi connectivity index (χ3n) is 3.14. The molecule has 0 bridgehead atoms. The molecule has 0 atom stereocenters. The maximum atomic E-state index is 11.9. The molecule has 0 aromatic heterocycles. The fourth-order valence-corrected chi connectivity index (χ4v) is 2.14. The molecular formula is C18H19NO4. The average Bonchev–Trinajstić information content (AvgIpc) is 2.80. The normalized spacial score (nSPS) is 15.6. The Hall–Kier alpha value is -2.82. The maximum absolute atomic E-state index is 11.9. The second-order valence-corrected chi connectivity index (χ2v) is 4.84. The number of carbonyl (C=O) groups excluding carboxylic acids is 1. The number of hydrogen-bond donors (Lipinski definition) is 1. The fourth-order valence-electron chi connectivity index (χ4n) is 2.14. The summed E-state index contributed by atoms with van der Waals surface area (Å²) in [6, 6.07) is 7.34. The van der Waals surface area contributed by atoms with E-state index in [0.717, 1.165) is 5.56 Å². The zero-order valence-electron chi connectivity index (χ0n) is 13.2. The first-order valence-electron chi connectivity index (χ1n) is 7.28. The van der Waals surface area contributed by atoms with Crippen LogP contribution in [0.1, 0.15) is 19.4 Å². The van der Waals surface area contributed by atoms with Crippen molar-refractivity contribution in [1.29, 1.82) is 0 Å². The van der Waals surface area contributed by atoms with Crippen LogP contribution in [0, 0.1) is 0 Å². The highest BCUT2D eigenvalue weighted by atomic mass is 16.5. The van der Waals surface area contributed by atoms with Crippen molar-refractivity contribution in [2.45, 2.75) is 13.8 Å². The van der Waals surface area contributed by atoms with Gasteiger partial charge < -0.3 is 14.6 Å². The molecule has 1 aromatic rings. The Labute approximate surface area is 135 Å². The highest BCUT2D eigenvalue weighted by molar-refractivity contribution is 6.22. The molecule has 0 spiro atoms. The van der Waals surface area contributed by atoms with Crippen LogP contribution >= 0.6 is 0 Å². The minimum Gasteiger partial charge on any atom is -0.505 e. The molecule has 5 heteroatoms. The quantitative estimate of drug-likeness (QED) is 0.645. The number of nitrogens with zero attached hydrogens (tertiary/aromatic N) is 1. The summed E-state index contributed by atoms with van der Waals surface area (Å²) in [5, 5.41) is 10.2. The Morgan fingerprint density at radius 2 is 2.22 bits per heavy atom. The average molecular weight is 313 g/mol. The van der Waals surface area contributed by atoms with Crippen LogP contribution in [0.3, 0.4) is 0 Å². The highest BCUT2D eigenvalue weighted by Gasteiger charge is 2.27. The smallest absolute Gasteiger partial charge is 0.343 e. The van der Waals surface area contributed by atoms with Gasteiger partial charge in [-0.15, -0.1) is 0 Å². The monoisotopic (exact) mass is 313 g/mol. The molecule has 0 aliphatic carbocycles. The van der Waals surface area contributed by atoms with Gasteiger partial charge in [-0.3, -0.25) is 0 Å². The first-order valence-corrected chi connectivity index (χ1v) is 7.28. The maximum Gasteiger partial charge on any atom is 0.343 e. The number of aliphatic hydroxyl groups excluding tert-OH is 1. The molecule has 0 saturated heterocycles. The Bertz CT molecular complexity index is 713. The molecule has 1 aliphatic rings. The van der Waals surface area contributed by atoms with Crippen molar-refractivity contribution >= 4 is 17.8 Å². The molecule has 1 heterocycles. The van der Waals surface area contributed by atoms with Crippen LogP contribution in [0.25, 0.3) is 6.08 Å². The van der Waals surface area contributed by atoms with Gasteiger partial charge in [0.2, 0.25) is 0 Å². The summed E-state index contributed by atoms with van der Waals surface area (Å²) in [6.07, 6.45) is 3.35. The van der Waals surface area contributed by atoms with E-state index in [2.05, 4.69) is 11.6 Å². The van der Waals surface area contributed by atoms with E-state index in [1.54, 1.807) is 26.0 Å². The number of carbonyl (C=O) groups is 1. The molecule has 0 saturated carbocycles. The van der Waals surface area contributed by atoms with Gasteiger partial charge in [0.1, 0.15) is 23.6 Å². The molecule has 1 aliphatic heterocycles. The van der Waals surface area contributed by atoms with E-state index in [-0.39, 0.29) is 17.9 Å². The van der Waals surface area contributed by atoms with E-state index in [4.69, 9.17) is 9.47 Å². The van der Waals surface area contributed by atoms with Gasteiger partial charge in [0.05, 0.1) is 12.3 Å². The zero-order chi connectivity index (χ0) is 16.8. The first-order chi connectivity index (χ1) is 11.1. The number of benzene rings is 1. The van der Waals surface area contributed by atoms with Crippen molar-refractivity contribution in [3.8, 4) is 5.75 Å². The third kappa shape index (κ3) is 3.88. The minimum absolute atomic E-state index is 0.108. The molecular weight excluding hydrogens is 294 g/mol. The van der Waals surface area contributed by atoms with Crippen molar-refractivity contribution in [3.05, 3.63) is 59.5 Å². The number of aliphatic imine (C=N–C) groups is 1. The largest absolute Gasteiger partial charge is 0.505 e. The Morgan fingerprint density at radius 3 is 2.91 bits per heavy atom. The van der Waals surface area contributed by atoms with Crippen LogP contribution in [-0.2, 0) is 9.53 Å². The van der Waals surface area contributed by atoms with Gasteiger partial charge in [-0.1, -0.05) is 24.8 Å². The summed E-state index contributed by atoms with van der Waals surface area (Å²) >= 11 is 0. The van der Waals surface area contributed by atoms with E-state index >= 15 is 0 Å². The van der Waals surface area contributed by atoms with E-state index in [0.29, 0.717) is 23.8 Å². The Balaban J connectivity index is 2.30.